The van der Waals surface area contributed by atoms with E-state index in [0.717, 1.165) is 6.42 Å². The van der Waals surface area contributed by atoms with Crippen molar-refractivity contribution in [1.82, 2.24) is 15.2 Å². The third kappa shape index (κ3) is 4.37. The van der Waals surface area contributed by atoms with Crippen molar-refractivity contribution in [3.63, 3.8) is 0 Å². The van der Waals surface area contributed by atoms with Gasteiger partial charge in [0, 0.05) is 18.8 Å². The number of aryl methyl sites for hydroxylation is 1. The van der Waals surface area contributed by atoms with E-state index in [0.29, 0.717) is 31.7 Å². The van der Waals surface area contributed by atoms with Crippen molar-refractivity contribution in [1.29, 1.82) is 5.26 Å². The summed E-state index contributed by atoms with van der Waals surface area (Å²) in [7, 11) is 0. The van der Waals surface area contributed by atoms with Crippen LogP contribution in [0.2, 0.25) is 5.02 Å². The summed E-state index contributed by atoms with van der Waals surface area (Å²) in [5.41, 5.74) is 0.764. The van der Waals surface area contributed by atoms with E-state index in [4.69, 9.17) is 16.3 Å². The van der Waals surface area contributed by atoms with Crippen molar-refractivity contribution in [2.24, 2.45) is 0 Å². The maximum Gasteiger partial charge on any atom is 0.407 e. The van der Waals surface area contributed by atoms with Crippen LogP contribution in [-0.4, -0.2) is 58.3 Å². The van der Waals surface area contributed by atoms with Gasteiger partial charge in [-0.15, -0.1) is 0 Å². The number of carbonyl (C=O) groups is 2. The van der Waals surface area contributed by atoms with Crippen molar-refractivity contribution < 1.29 is 19.4 Å². The number of carboxylic acid groups (broad SMARTS) is 1. The third-order valence-electron chi connectivity index (χ3n) is 4.80. The highest BCUT2D eigenvalue weighted by Gasteiger charge is 2.41. The third-order valence-corrected chi connectivity index (χ3v) is 5.27. The number of nitrogens with one attached hydrogen (secondary N) is 2. The average molecular weight is 397 g/mol. The highest BCUT2D eigenvalue weighted by Crippen LogP contribution is 2.26. The smallest absolute Gasteiger partial charge is 0.407 e. The predicted octanol–water partition coefficient (Wildman–Crippen LogP) is 2.90. The van der Waals surface area contributed by atoms with Crippen LogP contribution in [0, 0.1) is 18.3 Å². The van der Waals surface area contributed by atoms with E-state index < -0.39 is 18.1 Å². The molecular formula is C18H25ClN4O4. The van der Waals surface area contributed by atoms with Gasteiger partial charge in [0.05, 0.1) is 23.2 Å². The Kier molecular flexibility index (Phi) is 7.11. The van der Waals surface area contributed by atoms with Crippen LogP contribution in [0.4, 0.5) is 4.79 Å². The molecule has 1 aliphatic heterocycles. The first-order valence-corrected chi connectivity index (χ1v) is 9.43. The van der Waals surface area contributed by atoms with Gasteiger partial charge in [0.2, 0.25) is 0 Å². The normalized spacial score (nSPS) is 22.3. The molecule has 1 aromatic heterocycles. The molecule has 0 saturated carbocycles. The summed E-state index contributed by atoms with van der Waals surface area (Å²) >= 11 is 6.07. The number of H-pyrrole nitrogens is 1. The van der Waals surface area contributed by atoms with Gasteiger partial charge >= 0.3 is 6.09 Å². The van der Waals surface area contributed by atoms with Gasteiger partial charge < -0.3 is 25.0 Å². The molecule has 0 bridgehead atoms. The highest BCUT2D eigenvalue weighted by atomic mass is 35.5. The van der Waals surface area contributed by atoms with Crippen LogP contribution in [0.15, 0.2) is 0 Å². The number of likely N-dealkylation sites (tertiary alicyclic amines) is 1. The summed E-state index contributed by atoms with van der Waals surface area (Å²) in [6, 6.07) is 1.24. The second-order valence-corrected chi connectivity index (χ2v) is 6.96. The molecule has 2 heterocycles. The molecule has 2 amide bonds. The second-order valence-electron chi connectivity index (χ2n) is 6.58. The molecule has 0 radical (unpaired) electrons. The largest absolute Gasteiger partial charge is 0.465 e. The molecule has 0 aromatic carbocycles. The van der Waals surface area contributed by atoms with Crippen molar-refractivity contribution in [2.75, 3.05) is 13.2 Å². The number of ether oxygens (including phenoxy) is 1. The van der Waals surface area contributed by atoms with Crippen molar-refractivity contribution in [3.05, 3.63) is 22.0 Å². The summed E-state index contributed by atoms with van der Waals surface area (Å²) in [6.45, 7) is 6.33. The lowest BCUT2D eigenvalue weighted by atomic mass is 9.91. The Bertz CT molecular complexity index is 742. The molecule has 9 heteroatoms. The van der Waals surface area contributed by atoms with Gasteiger partial charge in [-0.1, -0.05) is 25.4 Å². The summed E-state index contributed by atoms with van der Waals surface area (Å²) in [5, 5.41) is 21.9. The zero-order chi connectivity index (χ0) is 20.1. The monoisotopic (exact) mass is 396 g/mol. The van der Waals surface area contributed by atoms with Gasteiger partial charge in [0.1, 0.15) is 17.3 Å². The Morgan fingerprint density at radius 3 is 2.74 bits per heavy atom. The Balaban J connectivity index is 2.25. The molecule has 1 saturated heterocycles. The Morgan fingerprint density at radius 2 is 2.19 bits per heavy atom. The topological polar surface area (TPSA) is 118 Å². The first-order valence-electron chi connectivity index (χ1n) is 9.05. The number of carbonyl (C=O) groups excluding carboxylic acids is 1. The van der Waals surface area contributed by atoms with E-state index in [9.17, 15) is 20.0 Å². The van der Waals surface area contributed by atoms with Crippen LogP contribution in [0.5, 0.6) is 0 Å². The number of hydrogen-bond acceptors (Lipinski definition) is 4. The zero-order valence-corrected chi connectivity index (χ0v) is 16.5. The fourth-order valence-electron chi connectivity index (χ4n) is 3.50. The summed E-state index contributed by atoms with van der Waals surface area (Å²) in [5.74, 6) is -0.449. The minimum absolute atomic E-state index is 0.104. The van der Waals surface area contributed by atoms with Crippen LogP contribution in [0.25, 0.3) is 0 Å². The minimum atomic E-state index is -0.990. The van der Waals surface area contributed by atoms with Gasteiger partial charge in [-0.25, -0.2) is 4.79 Å². The van der Waals surface area contributed by atoms with E-state index in [-0.39, 0.29) is 28.4 Å². The van der Waals surface area contributed by atoms with Crippen molar-refractivity contribution in [2.45, 2.75) is 58.2 Å². The molecule has 1 aliphatic rings. The average Bonchev–Trinajstić information content (AvgIpc) is 2.94. The fraction of sp³-hybridized carbons (Fsp3) is 0.611. The lowest BCUT2D eigenvalue weighted by Gasteiger charge is -2.43. The Morgan fingerprint density at radius 1 is 1.48 bits per heavy atom. The first-order chi connectivity index (χ1) is 12.8. The number of halogens is 1. The number of nitrogens with zero attached hydrogens (tertiary/aromatic N) is 2. The maximum absolute atomic E-state index is 12.8. The summed E-state index contributed by atoms with van der Waals surface area (Å²) < 4.78 is 5.93. The number of piperidine rings is 1. The molecule has 0 spiro atoms. The van der Waals surface area contributed by atoms with Gasteiger partial charge in [0.25, 0.3) is 5.91 Å². The number of rotatable bonds is 6. The number of aromatic nitrogens is 1. The standard InChI is InChI=1S/C18H25ClN4O4/c1-4-8-27-16-12(6-7-23(18(25)26)13(16)5-2)22-17(24)15-11(9-20)14(19)10(3)21-15/h12-13,16,21H,4-8H2,1-3H3,(H,22,24)(H,25,26)/t12-,13?,16+/m1/s1. The fourth-order valence-corrected chi connectivity index (χ4v) is 3.68. The lowest BCUT2D eigenvalue weighted by molar-refractivity contribution is -0.0537. The van der Waals surface area contributed by atoms with Crippen molar-refractivity contribution >= 4 is 23.6 Å². The molecule has 1 fully saturated rings. The van der Waals surface area contributed by atoms with Crippen LogP contribution in [-0.2, 0) is 4.74 Å². The second kappa shape index (κ2) is 9.11. The lowest BCUT2D eigenvalue weighted by Crippen LogP contribution is -2.61. The first kappa shape index (κ1) is 21.1. The minimum Gasteiger partial charge on any atom is -0.465 e. The van der Waals surface area contributed by atoms with E-state index in [1.165, 1.54) is 4.90 Å². The quantitative estimate of drug-likeness (QED) is 0.683. The zero-order valence-electron chi connectivity index (χ0n) is 15.7. The van der Waals surface area contributed by atoms with Gasteiger partial charge in [0.15, 0.2) is 0 Å². The molecule has 8 nitrogen and oxygen atoms in total. The molecule has 148 valence electrons. The molecule has 1 unspecified atom stereocenters. The molecule has 3 N–H and O–H groups in total. The van der Waals surface area contributed by atoms with Crippen molar-refractivity contribution in [3.8, 4) is 6.07 Å². The number of nitriles is 1. The number of hydrogen-bond donors (Lipinski definition) is 3. The van der Waals surface area contributed by atoms with Crippen LogP contribution in [0.1, 0.15) is 54.9 Å². The Hall–Kier alpha value is -2.24. The van der Waals surface area contributed by atoms with E-state index in [1.54, 1.807) is 6.92 Å². The van der Waals surface area contributed by atoms with Gasteiger partial charge in [-0.3, -0.25) is 4.79 Å². The maximum atomic E-state index is 12.8. The SMILES string of the molecule is CCCO[C@@H]1C(CC)N(C(=O)O)CC[C@H]1NC(=O)c1[nH]c(C)c(Cl)c1C#N. The number of amides is 2. The highest BCUT2D eigenvalue weighted by molar-refractivity contribution is 6.33. The molecule has 2 rings (SSSR count). The molecule has 3 atom stereocenters. The molecule has 0 aliphatic carbocycles. The Labute approximate surface area is 163 Å². The van der Waals surface area contributed by atoms with Gasteiger partial charge in [-0.2, -0.15) is 5.26 Å². The molecule has 27 heavy (non-hydrogen) atoms. The molecule has 1 aromatic rings. The van der Waals surface area contributed by atoms with E-state index in [1.807, 2.05) is 19.9 Å². The summed E-state index contributed by atoms with van der Waals surface area (Å²) in [4.78, 5) is 28.5. The van der Waals surface area contributed by atoms with Gasteiger partial charge in [-0.05, 0) is 26.2 Å². The summed E-state index contributed by atoms with van der Waals surface area (Å²) in [6.07, 6.45) is 0.337. The number of aromatic amines is 1. The predicted molar refractivity (Wildman–Crippen MR) is 100.0 cm³/mol. The molecular weight excluding hydrogens is 372 g/mol. The van der Waals surface area contributed by atoms with E-state index in [2.05, 4.69) is 10.3 Å². The van der Waals surface area contributed by atoms with Crippen LogP contribution >= 0.6 is 11.6 Å². The van der Waals surface area contributed by atoms with E-state index >= 15 is 0 Å². The van der Waals surface area contributed by atoms with Crippen LogP contribution < -0.4 is 5.32 Å². The van der Waals surface area contributed by atoms with Crippen LogP contribution in [0.3, 0.4) is 0 Å².